The van der Waals surface area contributed by atoms with Crippen molar-refractivity contribution < 1.29 is 9.53 Å². The Morgan fingerprint density at radius 3 is 2.92 bits per heavy atom. The van der Waals surface area contributed by atoms with E-state index in [0.29, 0.717) is 29.5 Å². The molecule has 0 saturated heterocycles. The Morgan fingerprint density at radius 2 is 2.17 bits per heavy atom. The number of ether oxygens (including phenoxy) is 1. The van der Waals surface area contributed by atoms with E-state index >= 15 is 0 Å². The third-order valence-corrected chi connectivity index (χ3v) is 7.24. The van der Waals surface area contributed by atoms with Gasteiger partial charge in [-0.3, -0.25) is 4.79 Å². The lowest BCUT2D eigenvalue weighted by atomic mass is 9.54. The Hall–Kier alpha value is -1.35. The van der Waals surface area contributed by atoms with Crippen molar-refractivity contribution in [2.24, 2.45) is 23.2 Å². The van der Waals surface area contributed by atoms with E-state index in [4.69, 9.17) is 4.74 Å². The quantitative estimate of drug-likeness (QED) is 0.922. The van der Waals surface area contributed by atoms with Crippen molar-refractivity contribution in [3.63, 3.8) is 0 Å². The zero-order chi connectivity index (χ0) is 16.9. The van der Waals surface area contributed by atoms with E-state index in [9.17, 15) is 4.79 Å². The minimum absolute atomic E-state index is 0.0767. The van der Waals surface area contributed by atoms with Crippen LogP contribution in [0.15, 0.2) is 18.2 Å². The summed E-state index contributed by atoms with van der Waals surface area (Å²) in [6.07, 6.45) is 5.35. The summed E-state index contributed by atoms with van der Waals surface area (Å²) >= 11 is 0. The molecule has 5 atom stereocenters. The van der Waals surface area contributed by atoms with Gasteiger partial charge in [0.2, 0.25) is 0 Å². The molecule has 0 spiro atoms. The average molecular weight is 327 g/mol. The summed E-state index contributed by atoms with van der Waals surface area (Å²) < 4.78 is 5.41. The Kier molecular flexibility index (Phi) is 3.95. The van der Waals surface area contributed by atoms with Crippen molar-refractivity contribution in [1.29, 1.82) is 0 Å². The first-order chi connectivity index (χ1) is 11.6. The van der Waals surface area contributed by atoms with Gasteiger partial charge in [0.05, 0.1) is 7.11 Å². The maximum absolute atomic E-state index is 12.8. The van der Waals surface area contributed by atoms with E-state index in [-0.39, 0.29) is 5.41 Å². The van der Waals surface area contributed by atoms with Crippen molar-refractivity contribution in [3.8, 4) is 5.75 Å². The van der Waals surface area contributed by atoms with E-state index in [1.54, 1.807) is 7.11 Å². The molecule has 130 valence electrons. The maximum atomic E-state index is 12.8. The second-order valence-electron chi connectivity index (χ2n) is 8.30. The van der Waals surface area contributed by atoms with Crippen LogP contribution in [0.4, 0.5) is 0 Å². The number of fused-ring (bicyclic) bond motifs is 5. The van der Waals surface area contributed by atoms with Gasteiger partial charge in [0.25, 0.3) is 0 Å². The lowest BCUT2D eigenvalue weighted by Crippen LogP contribution is -2.45. The van der Waals surface area contributed by atoms with E-state index < -0.39 is 0 Å². The van der Waals surface area contributed by atoms with Crippen molar-refractivity contribution in [1.82, 2.24) is 5.32 Å². The fraction of sp³-hybridized carbons (Fsp3) is 0.667. The standard InChI is InChI=1S/C21H29NO2/c1-21-9-8-17-16-7-5-15(24-3)10-13(16)4-6-18(17)20(21)14(12-22-2)11-19(21)23/h5,7,10,14,17-18,20,22H,4,6,8-9,11-12H2,1-3H3/t14-,17-,18-,20+,21-/m1/s1. The van der Waals surface area contributed by atoms with Crippen LogP contribution in [0.1, 0.15) is 49.7 Å². The van der Waals surface area contributed by atoms with Crippen LogP contribution in [-0.2, 0) is 11.2 Å². The summed E-state index contributed by atoms with van der Waals surface area (Å²) in [5.41, 5.74) is 2.91. The zero-order valence-electron chi connectivity index (χ0n) is 15.1. The lowest BCUT2D eigenvalue weighted by molar-refractivity contribution is -0.129. The highest BCUT2D eigenvalue weighted by Crippen LogP contribution is 2.61. The van der Waals surface area contributed by atoms with Crippen LogP contribution in [0.2, 0.25) is 0 Å². The number of carbonyl (C=O) groups excluding carboxylic acids is 1. The molecule has 0 aromatic heterocycles. The number of carbonyl (C=O) groups is 1. The van der Waals surface area contributed by atoms with Crippen LogP contribution in [0.25, 0.3) is 0 Å². The average Bonchev–Trinajstić information content (AvgIpc) is 2.85. The third-order valence-electron chi connectivity index (χ3n) is 7.24. The molecule has 0 bridgehead atoms. The van der Waals surface area contributed by atoms with Crippen LogP contribution in [0.5, 0.6) is 5.75 Å². The second-order valence-corrected chi connectivity index (χ2v) is 8.30. The number of hydrogen-bond donors (Lipinski definition) is 1. The fourth-order valence-corrected chi connectivity index (χ4v) is 6.19. The minimum Gasteiger partial charge on any atom is -0.497 e. The number of Topliss-reactive ketones (excluding diaryl/α,β-unsaturated/α-hetero) is 1. The van der Waals surface area contributed by atoms with Gasteiger partial charge in [-0.15, -0.1) is 0 Å². The molecule has 2 fully saturated rings. The number of aryl methyl sites for hydroxylation is 1. The maximum Gasteiger partial charge on any atom is 0.139 e. The SMILES string of the molecule is CNC[C@H]1CC(=O)[C@@]2(C)CC[C@@H]3c4ccc(OC)cc4CC[C@H]3[C@H]12. The summed E-state index contributed by atoms with van der Waals surface area (Å²) in [5, 5.41) is 3.34. The van der Waals surface area contributed by atoms with Crippen LogP contribution in [0.3, 0.4) is 0 Å². The van der Waals surface area contributed by atoms with Gasteiger partial charge >= 0.3 is 0 Å². The number of rotatable bonds is 3. The van der Waals surface area contributed by atoms with Gasteiger partial charge in [-0.05, 0) is 86.2 Å². The smallest absolute Gasteiger partial charge is 0.139 e. The summed E-state index contributed by atoms with van der Waals surface area (Å²) in [4.78, 5) is 12.8. The molecule has 1 aromatic rings. The summed E-state index contributed by atoms with van der Waals surface area (Å²) in [5.74, 6) is 3.84. The molecule has 3 heteroatoms. The molecule has 4 rings (SSSR count). The summed E-state index contributed by atoms with van der Waals surface area (Å²) in [6.45, 7) is 3.24. The molecule has 24 heavy (non-hydrogen) atoms. The molecule has 2 saturated carbocycles. The van der Waals surface area contributed by atoms with Gasteiger partial charge < -0.3 is 10.1 Å². The first kappa shape index (κ1) is 16.1. The number of ketones is 1. The van der Waals surface area contributed by atoms with Crippen LogP contribution in [0, 0.1) is 23.2 Å². The second kappa shape index (κ2) is 5.87. The van der Waals surface area contributed by atoms with Crippen molar-refractivity contribution >= 4 is 5.78 Å². The molecule has 0 heterocycles. The van der Waals surface area contributed by atoms with Gasteiger partial charge in [-0.25, -0.2) is 0 Å². The molecule has 1 N–H and O–H groups in total. The van der Waals surface area contributed by atoms with Gasteiger partial charge in [0.1, 0.15) is 11.5 Å². The van der Waals surface area contributed by atoms with E-state index in [1.807, 2.05) is 7.05 Å². The Morgan fingerprint density at radius 1 is 1.33 bits per heavy atom. The van der Waals surface area contributed by atoms with E-state index in [2.05, 4.69) is 30.4 Å². The molecule has 1 aromatic carbocycles. The molecule has 3 aliphatic carbocycles. The molecule has 3 aliphatic rings. The normalized spacial score (nSPS) is 37.5. The molecule has 0 radical (unpaired) electrons. The first-order valence-electron chi connectivity index (χ1n) is 9.43. The lowest BCUT2D eigenvalue weighted by Gasteiger charge is -2.50. The Bertz CT molecular complexity index is 655. The third kappa shape index (κ3) is 2.24. The molecule has 0 amide bonds. The molecule has 0 aliphatic heterocycles. The number of benzene rings is 1. The van der Waals surface area contributed by atoms with Crippen molar-refractivity contribution in [2.45, 2.75) is 44.9 Å². The van der Waals surface area contributed by atoms with Gasteiger partial charge in [-0.1, -0.05) is 13.0 Å². The topological polar surface area (TPSA) is 38.3 Å². The predicted octanol–water partition coefficient (Wildman–Crippen LogP) is 3.57. The molecular formula is C21H29NO2. The van der Waals surface area contributed by atoms with E-state index in [1.165, 1.54) is 17.5 Å². The number of methoxy groups -OCH3 is 1. The Balaban J connectivity index is 1.70. The number of nitrogens with one attached hydrogen (secondary N) is 1. The monoisotopic (exact) mass is 327 g/mol. The molecule has 3 nitrogen and oxygen atoms in total. The van der Waals surface area contributed by atoms with E-state index in [0.717, 1.165) is 38.0 Å². The van der Waals surface area contributed by atoms with Crippen LogP contribution in [-0.4, -0.2) is 26.5 Å². The highest BCUT2D eigenvalue weighted by atomic mass is 16.5. The summed E-state index contributed by atoms with van der Waals surface area (Å²) in [7, 11) is 3.76. The predicted molar refractivity (Wildman–Crippen MR) is 95.4 cm³/mol. The van der Waals surface area contributed by atoms with Crippen LogP contribution >= 0.6 is 0 Å². The van der Waals surface area contributed by atoms with Gasteiger partial charge in [0, 0.05) is 11.8 Å². The largest absolute Gasteiger partial charge is 0.497 e. The van der Waals surface area contributed by atoms with Crippen molar-refractivity contribution in [2.75, 3.05) is 20.7 Å². The molecular weight excluding hydrogens is 298 g/mol. The number of hydrogen-bond acceptors (Lipinski definition) is 3. The zero-order valence-corrected chi connectivity index (χ0v) is 15.1. The first-order valence-corrected chi connectivity index (χ1v) is 9.43. The fourth-order valence-electron chi connectivity index (χ4n) is 6.19. The van der Waals surface area contributed by atoms with Gasteiger partial charge in [0.15, 0.2) is 0 Å². The highest BCUT2D eigenvalue weighted by molar-refractivity contribution is 5.87. The molecule has 0 unspecified atom stereocenters. The van der Waals surface area contributed by atoms with Gasteiger partial charge in [-0.2, -0.15) is 0 Å². The van der Waals surface area contributed by atoms with Crippen molar-refractivity contribution in [3.05, 3.63) is 29.3 Å². The Labute approximate surface area is 145 Å². The minimum atomic E-state index is -0.0767. The highest BCUT2D eigenvalue weighted by Gasteiger charge is 2.58. The summed E-state index contributed by atoms with van der Waals surface area (Å²) in [6, 6.07) is 6.63. The van der Waals surface area contributed by atoms with Crippen LogP contribution < -0.4 is 10.1 Å².